The fourth-order valence-corrected chi connectivity index (χ4v) is 2.26. The van der Waals surface area contributed by atoms with Crippen molar-refractivity contribution >= 4 is 11.8 Å². The number of amides is 2. The lowest BCUT2D eigenvalue weighted by Gasteiger charge is -2.16. The van der Waals surface area contributed by atoms with E-state index in [9.17, 15) is 9.59 Å². The Labute approximate surface area is 121 Å². The van der Waals surface area contributed by atoms with Crippen molar-refractivity contribution in [3.63, 3.8) is 0 Å². The van der Waals surface area contributed by atoms with E-state index < -0.39 is 0 Å². The van der Waals surface area contributed by atoms with Crippen LogP contribution in [0.15, 0.2) is 40.9 Å². The zero-order valence-electron chi connectivity index (χ0n) is 11.4. The van der Waals surface area contributed by atoms with E-state index in [1.165, 1.54) is 4.90 Å². The molecule has 0 aliphatic carbocycles. The molecule has 108 valence electrons. The molecule has 2 aromatic rings. The van der Waals surface area contributed by atoms with E-state index in [2.05, 4.69) is 10.5 Å². The van der Waals surface area contributed by atoms with Crippen LogP contribution < -0.4 is 5.32 Å². The Morgan fingerprint density at radius 3 is 2.90 bits per heavy atom. The third kappa shape index (κ3) is 2.94. The molecule has 2 amide bonds. The molecule has 1 fully saturated rings. The van der Waals surface area contributed by atoms with E-state index in [0.29, 0.717) is 18.8 Å². The molecule has 1 N–H and O–H groups in total. The fraction of sp³-hybridized carbons (Fsp3) is 0.267. The van der Waals surface area contributed by atoms with Crippen molar-refractivity contribution in [2.75, 3.05) is 19.6 Å². The van der Waals surface area contributed by atoms with E-state index in [-0.39, 0.29) is 24.1 Å². The topological polar surface area (TPSA) is 75.4 Å². The van der Waals surface area contributed by atoms with Crippen molar-refractivity contribution in [1.82, 2.24) is 15.4 Å². The summed E-state index contributed by atoms with van der Waals surface area (Å²) < 4.78 is 5.14. The van der Waals surface area contributed by atoms with Crippen molar-refractivity contribution < 1.29 is 14.1 Å². The number of hydrogen-bond donors (Lipinski definition) is 1. The molecule has 1 aromatic carbocycles. The van der Waals surface area contributed by atoms with Gasteiger partial charge in [0.1, 0.15) is 5.69 Å². The van der Waals surface area contributed by atoms with Gasteiger partial charge in [0, 0.05) is 24.7 Å². The summed E-state index contributed by atoms with van der Waals surface area (Å²) >= 11 is 0. The maximum absolute atomic E-state index is 12.4. The van der Waals surface area contributed by atoms with Gasteiger partial charge in [-0.15, -0.1) is 0 Å². The second-order valence-corrected chi connectivity index (χ2v) is 4.87. The molecule has 0 saturated carbocycles. The first-order chi connectivity index (χ1) is 10.2. The van der Waals surface area contributed by atoms with Crippen molar-refractivity contribution in [3.05, 3.63) is 42.2 Å². The Hall–Kier alpha value is -2.63. The monoisotopic (exact) mass is 285 g/mol. The Morgan fingerprint density at radius 1 is 1.29 bits per heavy atom. The molecule has 0 unspecified atom stereocenters. The van der Waals surface area contributed by atoms with Gasteiger partial charge in [0.05, 0.1) is 6.54 Å². The van der Waals surface area contributed by atoms with E-state index >= 15 is 0 Å². The highest BCUT2D eigenvalue weighted by molar-refractivity contribution is 5.95. The first kappa shape index (κ1) is 13.4. The third-order valence-corrected chi connectivity index (χ3v) is 3.34. The number of rotatable bonds is 2. The fourth-order valence-electron chi connectivity index (χ4n) is 2.26. The standard InChI is InChI=1S/C15H15N3O3/c19-14-10-18(8-4-7-16-14)15(20)13-9-12(17-21-13)11-5-2-1-3-6-11/h1-3,5-6,9H,4,7-8,10H2,(H,16,19). The largest absolute Gasteiger partial charge is 0.354 e. The van der Waals surface area contributed by atoms with Gasteiger partial charge in [0.25, 0.3) is 5.91 Å². The van der Waals surface area contributed by atoms with E-state index in [1.54, 1.807) is 6.07 Å². The van der Waals surface area contributed by atoms with Crippen LogP contribution in [0.2, 0.25) is 0 Å². The van der Waals surface area contributed by atoms with E-state index in [4.69, 9.17) is 4.52 Å². The van der Waals surface area contributed by atoms with Crippen LogP contribution in [0.3, 0.4) is 0 Å². The maximum atomic E-state index is 12.4. The van der Waals surface area contributed by atoms with Crippen LogP contribution in [0.5, 0.6) is 0 Å². The molecule has 6 heteroatoms. The minimum atomic E-state index is -0.304. The summed E-state index contributed by atoms with van der Waals surface area (Å²) in [7, 11) is 0. The van der Waals surface area contributed by atoms with Crippen LogP contribution in [-0.2, 0) is 4.79 Å². The van der Waals surface area contributed by atoms with Crippen LogP contribution in [0.25, 0.3) is 11.3 Å². The predicted molar refractivity (Wildman–Crippen MR) is 75.5 cm³/mol. The molecule has 0 radical (unpaired) electrons. The molecule has 21 heavy (non-hydrogen) atoms. The zero-order chi connectivity index (χ0) is 14.7. The summed E-state index contributed by atoms with van der Waals surface area (Å²) in [5.74, 6) is -0.297. The smallest absolute Gasteiger partial charge is 0.292 e. The molecule has 3 rings (SSSR count). The Bertz CT molecular complexity index is 651. The number of nitrogens with zero attached hydrogens (tertiary/aromatic N) is 2. The molecule has 0 bridgehead atoms. The summed E-state index contributed by atoms with van der Waals surface area (Å²) in [6, 6.07) is 11.1. The Morgan fingerprint density at radius 2 is 2.10 bits per heavy atom. The molecule has 6 nitrogen and oxygen atoms in total. The summed E-state index contributed by atoms with van der Waals surface area (Å²) in [4.78, 5) is 25.3. The molecule has 1 aromatic heterocycles. The highest BCUT2D eigenvalue weighted by Gasteiger charge is 2.24. The van der Waals surface area contributed by atoms with Crippen LogP contribution in [-0.4, -0.2) is 41.5 Å². The molecular formula is C15H15N3O3. The molecular weight excluding hydrogens is 270 g/mol. The third-order valence-electron chi connectivity index (χ3n) is 3.34. The molecule has 1 aliphatic rings. The summed E-state index contributed by atoms with van der Waals surface area (Å²) in [6.45, 7) is 1.17. The minimum absolute atomic E-state index is 0.0558. The van der Waals surface area contributed by atoms with Gasteiger partial charge in [-0.1, -0.05) is 35.5 Å². The van der Waals surface area contributed by atoms with Crippen molar-refractivity contribution in [2.24, 2.45) is 0 Å². The lowest BCUT2D eigenvalue weighted by atomic mass is 10.1. The number of carbonyl (C=O) groups is 2. The molecule has 2 heterocycles. The number of benzene rings is 1. The molecule has 1 saturated heterocycles. The number of hydrogen-bond acceptors (Lipinski definition) is 4. The number of carbonyl (C=O) groups excluding carboxylic acids is 2. The SMILES string of the molecule is O=C1CN(C(=O)c2cc(-c3ccccc3)no2)CCCN1. The number of aromatic nitrogens is 1. The summed E-state index contributed by atoms with van der Waals surface area (Å²) in [6.07, 6.45) is 0.733. The second kappa shape index (κ2) is 5.78. The highest BCUT2D eigenvalue weighted by Crippen LogP contribution is 2.19. The molecule has 1 aliphatic heterocycles. The quantitative estimate of drug-likeness (QED) is 0.902. The van der Waals surface area contributed by atoms with Gasteiger partial charge in [-0.05, 0) is 6.42 Å². The van der Waals surface area contributed by atoms with E-state index in [0.717, 1.165) is 12.0 Å². The lowest BCUT2D eigenvalue weighted by molar-refractivity contribution is -0.121. The Balaban J connectivity index is 1.79. The molecule has 0 spiro atoms. The van der Waals surface area contributed by atoms with E-state index in [1.807, 2.05) is 30.3 Å². The summed E-state index contributed by atoms with van der Waals surface area (Å²) in [5, 5.41) is 6.65. The van der Waals surface area contributed by atoms with Gasteiger partial charge >= 0.3 is 0 Å². The number of nitrogens with one attached hydrogen (secondary N) is 1. The minimum Gasteiger partial charge on any atom is -0.354 e. The van der Waals surface area contributed by atoms with Gasteiger partial charge in [0.15, 0.2) is 0 Å². The zero-order valence-corrected chi connectivity index (χ0v) is 11.4. The van der Waals surface area contributed by atoms with Crippen LogP contribution in [0.4, 0.5) is 0 Å². The second-order valence-electron chi connectivity index (χ2n) is 4.87. The maximum Gasteiger partial charge on any atom is 0.292 e. The van der Waals surface area contributed by atoms with Gasteiger partial charge in [0.2, 0.25) is 11.7 Å². The van der Waals surface area contributed by atoms with Crippen molar-refractivity contribution in [2.45, 2.75) is 6.42 Å². The van der Waals surface area contributed by atoms with Crippen LogP contribution in [0.1, 0.15) is 17.0 Å². The normalized spacial score (nSPS) is 15.4. The average Bonchev–Trinajstić information content (AvgIpc) is 2.90. The van der Waals surface area contributed by atoms with Gasteiger partial charge in [-0.2, -0.15) is 0 Å². The van der Waals surface area contributed by atoms with Crippen molar-refractivity contribution in [1.29, 1.82) is 0 Å². The highest BCUT2D eigenvalue weighted by atomic mass is 16.5. The van der Waals surface area contributed by atoms with Gasteiger partial charge in [-0.3, -0.25) is 9.59 Å². The first-order valence-electron chi connectivity index (χ1n) is 6.82. The Kier molecular flexibility index (Phi) is 3.68. The summed E-state index contributed by atoms with van der Waals surface area (Å²) in [5.41, 5.74) is 1.49. The van der Waals surface area contributed by atoms with Crippen molar-refractivity contribution in [3.8, 4) is 11.3 Å². The van der Waals surface area contributed by atoms with Gasteiger partial charge in [-0.25, -0.2) is 0 Å². The first-order valence-corrected chi connectivity index (χ1v) is 6.82. The lowest BCUT2D eigenvalue weighted by Crippen LogP contribution is -2.37. The van der Waals surface area contributed by atoms with Crippen LogP contribution in [0, 0.1) is 0 Å². The van der Waals surface area contributed by atoms with Gasteiger partial charge < -0.3 is 14.7 Å². The predicted octanol–water partition coefficient (Wildman–Crippen LogP) is 1.30. The average molecular weight is 285 g/mol. The molecule has 0 atom stereocenters. The van der Waals surface area contributed by atoms with Crippen LogP contribution >= 0.6 is 0 Å².